The molecule has 0 heterocycles. The van der Waals surface area contributed by atoms with Crippen molar-refractivity contribution in [1.82, 2.24) is 0 Å². The lowest BCUT2D eigenvalue weighted by Crippen LogP contribution is -3.13. The molecule has 1 atom stereocenters. The number of aryl methyl sites for hydroxylation is 2. The Kier molecular flexibility index (Phi) is 7.82. The number of rotatable bonds is 8. The van der Waals surface area contributed by atoms with Crippen LogP contribution >= 0.6 is 11.6 Å². The fourth-order valence-electron chi connectivity index (χ4n) is 2.72. The topological polar surface area (TPSA) is 62.6 Å². The van der Waals surface area contributed by atoms with Gasteiger partial charge < -0.3 is 15.5 Å². The van der Waals surface area contributed by atoms with E-state index in [1.165, 1.54) is 5.56 Å². The fourth-order valence-corrected chi connectivity index (χ4v) is 2.89. The average molecular weight is 389 g/mol. The highest BCUT2D eigenvalue weighted by Crippen LogP contribution is 2.19. The number of anilines is 2. The van der Waals surface area contributed by atoms with Crippen LogP contribution in [-0.2, 0) is 16.0 Å². The Bertz CT molecular complexity index is 791. The number of likely N-dealkylation sites (N-methyl/N-ethyl adjacent to an activating group) is 1. The zero-order valence-electron chi connectivity index (χ0n) is 16.1. The van der Waals surface area contributed by atoms with Crippen LogP contribution in [0.4, 0.5) is 11.4 Å². The van der Waals surface area contributed by atoms with Crippen LogP contribution in [-0.4, -0.2) is 31.4 Å². The second-order valence-electron chi connectivity index (χ2n) is 6.56. The maximum Gasteiger partial charge on any atom is 0.279 e. The van der Waals surface area contributed by atoms with Crippen LogP contribution in [0.15, 0.2) is 42.5 Å². The van der Waals surface area contributed by atoms with Crippen molar-refractivity contribution in [1.29, 1.82) is 0 Å². The molecular weight excluding hydrogens is 362 g/mol. The molecule has 27 heavy (non-hydrogen) atoms. The van der Waals surface area contributed by atoms with Gasteiger partial charge in [0, 0.05) is 16.4 Å². The third-order valence-electron chi connectivity index (χ3n) is 4.44. The fraction of sp³-hybridized carbons (Fsp3) is 0.333. The zero-order valence-corrected chi connectivity index (χ0v) is 16.8. The minimum atomic E-state index is -0.141. The largest absolute Gasteiger partial charge is 0.321 e. The summed E-state index contributed by atoms with van der Waals surface area (Å²) < 4.78 is 0. The van der Waals surface area contributed by atoms with Gasteiger partial charge in [0.2, 0.25) is 0 Å². The minimum Gasteiger partial charge on any atom is -0.321 e. The molecule has 0 radical (unpaired) electrons. The van der Waals surface area contributed by atoms with Gasteiger partial charge >= 0.3 is 0 Å². The Morgan fingerprint density at radius 1 is 0.963 bits per heavy atom. The highest BCUT2D eigenvalue weighted by atomic mass is 35.5. The van der Waals surface area contributed by atoms with Crippen LogP contribution in [0.5, 0.6) is 0 Å². The molecule has 0 aliphatic rings. The number of amides is 2. The monoisotopic (exact) mass is 388 g/mol. The maximum absolute atomic E-state index is 12.3. The predicted molar refractivity (Wildman–Crippen MR) is 111 cm³/mol. The molecule has 0 bridgehead atoms. The summed E-state index contributed by atoms with van der Waals surface area (Å²) in [4.78, 5) is 25.5. The second kappa shape index (κ2) is 10.1. The third-order valence-corrected chi connectivity index (χ3v) is 4.68. The first-order chi connectivity index (χ1) is 12.9. The van der Waals surface area contributed by atoms with E-state index in [4.69, 9.17) is 11.6 Å². The molecule has 2 aromatic carbocycles. The van der Waals surface area contributed by atoms with E-state index < -0.39 is 0 Å². The summed E-state index contributed by atoms with van der Waals surface area (Å²) in [6, 6.07) is 13.2. The van der Waals surface area contributed by atoms with Gasteiger partial charge in [0.25, 0.3) is 11.8 Å². The van der Waals surface area contributed by atoms with Gasteiger partial charge in [0.1, 0.15) is 0 Å². The van der Waals surface area contributed by atoms with Crippen molar-refractivity contribution < 1.29 is 14.5 Å². The Hall–Kier alpha value is -2.37. The van der Waals surface area contributed by atoms with Crippen LogP contribution in [0, 0.1) is 6.92 Å². The van der Waals surface area contributed by atoms with Crippen LogP contribution in [0.25, 0.3) is 0 Å². The number of nitrogens with one attached hydrogen (secondary N) is 3. The van der Waals surface area contributed by atoms with Gasteiger partial charge in [0.05, 0.1) is 6.54 Å². The van der Waals surface area contributed by atoms with Crippen molar-refractivity contribution in [3.8, 4) is 0 Å². The lowest BCUT2D eigenvalue weighted by Gasteiger charge is -2.17. The molecule has 2 amide bonds. The van der Waals surface area contributed by atoms with Crippen molar-refractivity contribution >= 4 is 34.8 Å². The molecule has 0 aromatic heterocycles. The molecule has 0 spiro atoms. The molecule has 0 aliphatic carbocycles. The van der Waals surface area contributed by atoms with Crippen molar-refractivity contribution in [2.24, 2.45) is 0 Å². The van der Waals surface area contributed by atoms with E-state index in [0.29, 0.717) is 17.3 Å². The lowest BCUT2D eigenvalue weighted by atomic mass is 10.1. The van der Waals surface area contributed by atoms with Gasteiger partial charge in [-0.15, -0.1) is 0 Å². The first-order valence-corrected chi connectivity index (χ1v) is 9.57. The first-order valence-electron chi connectivity index (χ1n) is 9.19. The SMILES string of the molecule is CCc1ccc(NC(=O)C[NH+](CC)CC(=O)Nc2cc(Cl)ccc2C)cc1. The maximum atomic E-state index is 12.3. The Labute approximate surface area is 165 Å². The number of hydrogen-bond donors (Lipinski definition) is 3. The average Bonchev–Trinajstić information content (AvgIpc) is 2.64. The molecule has 2 aromatic rings. The number of quaternary nitrogens is 1. The number of carbonyl (C=O) groups is 2. The molecule has 6 heteroatoms. The number of benzene rings is 2. The molecule has 0 saturated heterocycles. The van der Waals surface area contributed by atoms with Crippen LogP contribution in [0.2, 0.25) is 5.02 Å². The highest BCUT2D eigenvalue weighted by Gasteiger charge is 2.17. The summed E-state index contributed by atoms with van der Waals surface area (Å²) in [5, 5.41) is 6.34. The van der Waals surface area contributed by atoms with Crippen molar-refractivity contribution in [2.75, 3.05) is 30.3 Å². The van der Waals surface area contributed by atoms with Crippen molar-refractivity contribution in [3.63, 3.8) is 0 Å². The molecule has 0 aliphatic heterocycles. The van der Waals surface area contributed by atoms with E-state index in [9.17, 15) is 9.59 Å². The summed E-state index contributed by atoms with van der Waals surface area (Å²) in [6.07, 6.45) is 0.962. The highest BCUT2D eigenvalue weighted by molar-refractivity contribution is 6.31. The smallest absolute Gasteiger partial charge is 0.279 e. The van der Waals surface area contributed by atoms with Gasteiger partial charge in [-0.1, -0.05) is 36.7 Å². The summed E-state index contributed by atoms with van der Waals surface area (Å²) in [6.45, 7) is 7.07. The zero-order chi connectivity index (χ0) is 19.8. The van der Waals surface area contributed by atoms with E-state index in [0.717, 1.165) is 22.6 Å². The Balaban J connectivity index is 1.88. The normalized spacial score (nSPS) is 11.7. The first kappa shape index (κ1) is 20.9. The predicted octanol–water partition coefficient (Wildman–Crippen LogP) is 2.69. The van der Waals surface area contributed by atoms with E-state index in [1.54, 1.807) is 12.1 Å². The number of hydrogen-bond acceptors (Lipinski definition) is 2. The molecule has 144 valence electrons. The van der Waals surface area contributed by atoms with Gasteiger partial charge in [-0.3, -0.25) is 9.59 Å². The molecule has 2 rings (SSSR count). The van der Waals surface area contributed by atoms with Crippen LogP contribution < -0.4 is 15.5 Å². The molecule has 3 N–H and O–H groups in total. The second-order valence-corrected chi connectivity index (χ2v) is 7.00. The molecule has 5 nitrogen and oxygen atoms in total. The summed E-state index contributed by atoms with van der Waals surface area (Å²) in [7, 11) is 0. The summed E-state index contributed by atoms with van der Waals surface area (Å²) >= 11 is 5.99. The van der Waals surface area contributed by atoms with E-state index >= 15 is 0 Å². The molecule has 1 unspecified atom stereocenters. The molecule has 0 fully saturated rings. The Morgan fingerprint density at radius 2 is 1.59 bits per heavy atom. The quantitative estimate of drug-likeness (QED) is 0.651. The summed E-state index contributed by atoms with van der Waals surface area (Å²) in [5.74, 6) is -0.250. The van der Waals surface area contributed by atoms with Gasteiger partial charge in [-0.2, -0.15) is 0 Å². The van der Waals surface area contributed by atoms with Crippen molar-refractivity contribution in [2.45, 2.75) is 27.2 Å². The van der Waals surface area contributed by atoms with Gasteiger partial charge in [-0.05, 0) is 55.7 Å². The van der Waals surface area contributed by atoms with E-state index in [-0.39, 0.29) is 24.9 Å². The van der Waals surface area contributed by atoms with Crippen molar-refractivity contribution in [3.05, 3.63) is 58.6 Å². The summed E-state index contributed by atoms with van der Waals surface area (Å²) in [5.41, 5.74) is 3.64. The molecule has 0 saturated carbocycles. The standard InChI is InChI=1S/C21H26ClN3O2/c1-4-16-7-10-18(11-8-16)23-20(26)13-25(5-2)14-21(27)24-19-12-17(22)9-6-15(19)3/h6-12H,4-5,13-14H2,1-3H3,(H,23,26)(H,24,27)/p+1. The van der Waals surface area contributed by atoms with Crippen LogP contribution in [0.1, 0.15) is 25.0 Å². The van der Waals surface area contributed by atoms with E-state index in [2.05, 4.69) is 17.6 Å². The lowest BCUT2D eigenvalue weighted by molar-refractivity contribution is -0.881. The van der Waals surface area contributed by atoms with Gasteiger partial charge in [0.15, 0.2) is 13.1 Å². The minimum absolute atomic E-state index is 0.108. The van der Waals surface area contributed by atoms with Crippen LogP contribution in [0.3, 0.4) is 0 Å². The van der Waals surface area contributed by atoms with Gasteiger partial charge in [-0.25, -0.2) is 0 Å². The number of carbonyl (C=O) groups excluding carboxylic acids is 2. The number of halogens is 1. The van der Waals surface area contributed by atoms with E-state index in [1.807, 2.05) is 44.2 Å². The Morgan fingerprint density at radius 3 is 2.19 bits per heavy atom. The third kappa shape index (κ3) is 6.70. The molecular formula is C21H27ClN3O2+.